The maximum absolute atomic E-state index is 11.7. The number of methoxy groups -OCH3 is 1. The molecule has 1 aliphatic heterocycles. The molecular weight excluding hydrogens is 206 g/mol. The number of ether oxygens (including phenoxy) is 1. The zero-order valence-electron chi connectivity index (χ0n) is 10.1. The largest absolute Gasteiger partial charge is 0.383 e. The molecule has 3 N–H and O–H groups in total. The summed E-state index contributed by atoms with van der Waals surface area (Å²) in [5.74, 6) is 0. The van der Waals surface area contributed by atoms with Gasteiger partial charge in [-0.3, -0.25) is 0 Å². The lowest BCUT2D eigenvalue weighted by molar-refractivity contribution is 0.173. The van der Waals surface area contributed by atoms with Gasteiger partial charge in [-0.15, -0.1) is 0 Å². The number of nitrogens with zero attached hydrogens (tertiary/aromatic N) is 1. The highest BCUT2D eigenvalue weighted by molar-refractivity contribution is 5.74. The molecule has 1 aliphatic rings. The zero-order chi connectivity index (χ0) is 11.8. The van der Waals surface area contributed by atoms with Crippen molar-refractivity contribution in [3.05, 3.63) is 0 Å². The first-order valence-electron chi connectivity index (χ1n) is 6.01. The van der Waals surface area contributed by atoms with E-state index in [-0.39, 0.29) is 12.1 Å². The summed E-state index contributed by atoms with van der Waals surface area (Å²) < 4.78 is 4.93. The molecule has 5 heteroatoms. The number of hydrogen-bond acceptors (Lipinski definition) is 3. The van der Waals surface area contributed by atoms with E-state index in [1.165, 1.54) is 6.42 Å². The first-order chi connectivity index (χ1) is 7.74. The average Bonchev–Trinajstić information content (AvgIpc) is 2.30. The van der Waals surface area contributed by atoms with Gasteiger partial charge in [-0.05, 0) is 25.7 Å². The maximum atomic E-state index is 11.7. The highest BCUT2D eigenvalue weighted by Gasteiger charge is 2.15. The average molecular weight is 229 g/mol. The Morgan fingerprint density at radius 3 is 2.75 bits per heavy atom. The van der Waals surface area contributed by atoms with E-state index >= 15 is 0 Å². The van der Waals surface area contributed by atoms with Crippen molar-refractivity contribution >= 4 is 6.03 Å². The fraction of sp³-hybridized carbons (Fsp3) is 0.909. The predicted molar refractivity (Wildman–Crippen MR) is 63.3 cm³/mol. The highest BCUT2D eigenvalue weighted by atomic mass is 16.5. The predicted octanol–water partition coefficient (Wildman–Crippen LogP) is 0.546. The molecule has 2 amide bonds. The number of nitrogens with two attached hydrogens (primary N) is 1. The van der Waals surface area contributed by atoms with Gasteiger partial charge in [0, 0.05) is 32.8 Å². The number of piperidine rings is 1. The Morgan fingerprint density at radius 2 is 2.12 bits per heavy atom. The highest BCUT2D eigenvalue weighted by Crippen LogP contribution is 2.08. The van der Waals surface area contributed by atoms with Crippen LogP contribution in [0.1, 0.15) is 25.7 Å². The molecule has 0 aromatic carbocycles. The van der Waals surface area contributed by atoms with Crippen molar-refractivity contribution in [1.29, 1.82) is 0 Å². The summed E-state index contributed by atoms with van der Waals surface area (Å²) in [6.07, 6.45) is 4.24. The van der Waals surface area contributed by atoms with Crippen molar-refractivity contribution in [2.75, 3.05) is 33.4 Å². The summed E-state index contributed by atoms with van der Waals surface area (Å²) in [7, 11) is 1.63. The molecule has 94 valence electrons. The Balaban J connectivity index is 2.09. The van der Waals surface area contributed by atoms with Crippen LogP contribution in [0.2, 0.25) is 0 Å². The fourth-order valence-corrected chi connectivity index (χ4v) is 1.87. The quantitative estimate of drug-likeness (QED) is 0.723. The number of likely N-dealkylation sites (tertiary alicyclic amines) is 1. The summed E-state index contributed by atoms with van der Waals surface area (Å²) in [6, 6.07) is 0.0518. The Kier molecular flexibility index (Phi) is 6.18. The standard InChI is InChI=1S/C11H23N3O2/c1-16-9-10(12)5-6-13-11(15)14-7-3-2-4-8-14/h10H,2-9,12H2,1H3,(H,13,15). The first kappa shape index (κ1) is 13.3. The van der Waals surface area contributed by atoms with Crippen molar-refractivity contribution in [3.8, 4) is 0 Å². The van der Waals surface area contributed by atoms with Crippen molar-refractivity contribution < 1.29 is 9.53 Å². The van der Waals surface area contributed by atoms with E-state index in [0.717, 1.165) is 32.4 Å². The molecule has 0 aromatic rings. The van der Waals surface area contributed by atoms with Crippen molar-refractivity contribution in [3.63, 3.8) is 0 Å². The third kappa shape index (κ3) is 4.81. The van der Waals surface area contributed by atoms with Crippen LogP contribution in [-0.4, -0.2) is 50.3 Å². The third-order valence-electron chi connectivity index (χ3n) is 2.82. The smallest absolute Gasteiger partial charge is 0.317 e. The van der Waals surface area contributed by atoms with Gasteiger partial charge >= 0.3 is 6.03 Å². The number of carbonyl (C=O) groups excluding carboxylic acids is 1. The molecule has 1 fully saturated rings. The van der Waals surface area contributed by atoms with E-state index in [4.69, 9.17) is 10.5 Å². The van der Waals surface area contributed by atoms with Crippen molar-refractivity contribution in [1.82, 2.24) is 10.2 Å². The van der Waals surface area contributed by atoms with Crippen LogP contribution in [-0.2, 0) is 4.74 Å². The molecule has 0 aromatic heterocycles. The normalized spacial score (nSPS) is 18.2. The molecule has 1 heterocycles. The summed E-state index contributed by atoms with van der Waals surface area (Å²) in [5.41, 5.74) is 5.76. The molecule has 1 atom stereocenters. The minimum absolute atomic E-state index is 0.00616. The minimum atomic E-state index is 0.00616. The van der Waals surface area contributed by atoms with Crippen LogP contribution in [0.25, 0.3) is 0 Å². The minimum Gasteiger partial charge on any atom is -0.383 e. The maximum Gasteiger partial charge on any atom is 0.317 e. The molecular formula is C11H23N3O2. The fourth-order valence-electron chi connectivity index (χ4n) is 1.87. The molecule has 1 rings (SSSR count). The number of nitrogens with one attached hydrogen (secondary N) is 1. The number of carbonyl (C=O) groups is 1. The van der Waals surface area contributed by atoms with Crippen LogP contribution in [0.5, 0.6) is 0 Å². The van der Waals surface area contributed by atoms with Gasteiger partial charge in [0.2, 0.25) is 0 Å². The molecule has 5 nitrogen and oxygen atoms in total. The van der Waals surface area contributed by atoms with E-state index in [1.54, 1.807) is 7.11 Å². The number of amides is 2. The van der Waals surface area contributed by atoms with Gasteiger partial charge in [-0.25, -0.2) is 4.79 Å². The molecule has 0 saturated carbocycles. The third-order valence-corrected chi connectivity index (χ3v) is 2.82. The van der Waals surface area contributed by atoms with Gasteiger partial charge in [0.05, 0.1) is 6.61 Å². The monoisotopic (exact) mass is 229 g/mol. The lowest BCUT2D eigenvalue weighted by atomic mass is 10.1. The van der Waals surface area contributed by atoms with Crippen LogP contribution in [0.15, 0.2) is 0 Å². The molecule has 1 saturated heterocycles. The van der Waals surface area contributed by atoms with Crippen LogP contribution in [0, 0.1) is 0 Å². The van der Waals surface area contributed by atoms with Crippen LogP contribution < -0.4 is 11.1 Å². The Bertz CT molecular complexity index is 205. The molecule has 1 unspecified atom stereocenters. The number of urea groups is 1. The second-order valence-corrected chi connectivity index (χ2v) is 4.28. The van der Waals surface area contributed by atoms with Crippen molar-refractivity contribution in [2.24, 2.45) is 5.73 Å². The summed E-state index contributed by atoms with van der Waals surface area (Å²) >= 11 is 0. The lowest BCUT2D eigenvalue weighted by Gasteiger charge is -2.27. The van der Waals surface area contributed by atoms with Gasteiger partial charge < -0.3 is 20.7 Å². The molecule has 0 radical (unpaired) electrons. The SMILES string of the molecule is COCC(N)CCNC(=O)N1CCCCC1. The van der Waals surface area contributed by atoms with Gasteiger partial charge in [0.25, 0.3) is 0 Å². The van der Waals surface area contributed by atoms with Gasteiger partial charge in [-0.1, -0.05) is 0 Å². The Morgan fingerprint density at radius 1 is 1.44 bits per heavy atom. The topological polar surface area (TPSA) is 67.6 Å². The van der Waals surface area contributed by atoms with Gasteiger partial charge in [-0.2, -0.15) is 0 Å². The van der Waals surface area contributed by atoms with E-state index < -0.39 is 0 Å². The summed E-state index contributed by atoms with van der Waals surface area (Å²) in [5, 5.41) is 2.89. The van der Waals surface area contributed by atoms with E-state index in [2.05, 4.69) is 5.32 Å². The van der Waals surface area contributed by atoms with Gasteiger partial charge in [0.15, 0.2) is 0 Å². The lowest BCUT2D eigenvalue weighted by Crippen LogP contribution is -2.44. The Labute approximate surface area is 97.3 Å². The van der Waals surface area contributed by atoms with E-state index in [1.807, 2.05) is 4.90 Å². The van der Waals surface area contributed by atoms with Gasteiger partial charge in [0.1, 0.15) is 0 Å². The summed E-state index contributed by atoms with van der Waals surface area (Å²) in [6.45, 7) is 2.94. The second-order valence-electron chi connectivity index (χ2n) is 4.28. The molecule has 16 heavy (non-hydrogen) atoms. The van der Waals surface area contributed by atoms with Crippen LogP contribution in [0.4, 0.5) is 4.79 Å². The number of rotatable bonds is 5. The molecule has 0 bridgehead atoms. The Hall–Kier alpha value is -0.810. The zero-order valence-corrected chi connectivity index (χ0v) is 10.1. The van der Waals surface area contributed by atoms with E-state index in [0.29, 0.717) is 13.2 Å². The second kappa shape index (κ2) is 7.46. The molecule has 0 spiro atoms. The van der Waals surface area contributed by atoms with Crippen LogP contribution in [0.3, 0.4) is 0 Å². The van der Waals surface area contributed by atoms with Crippen LogP contribution >= 0.6 is 0 Å². The number of hydrogen-bond donors (Lipinski definition) is 2. The molecule has 0 aliphatic carbocycles. The summed E-state index contributed by atoms with van der Waals surface area (Å²) in [4.78, 5) is 13.6. The first-order valence-corrected chi connectivity index (χ1v) is 6.01. The van der Waals surface area contributed by atoms with E-state index in [9.17, 15) is 4.79 Å². The van der Waals surface area contributed by atoms with Crippen molar-refractivity contribution in [2.45, 2.75) is 31.7 Å².